The van der Waals surface area contributed by atoms with Gasteiger partial charge in [-0.3, -0.25) is 4.99 Å². The third kappa shape index (κ3) is 4.35. The van der Waals surface area contributed by atoms with E-state index in [-0.39, 0.29) is 11.8 Å². The summed E-state index contributed by atoms with van der Waals surface area (Å²) in [4.78, 5) is 4.49. The van der Waals surface area contributed by atoms with Gasteiger partial charge in [-0.05, 0) is 31.0 Å². The number of hydrogen-bond acceptors (Lipinski definition) is 3. The molecule has 1 atom stereocenters. The first-order valence-corrected chi connectivity index (χ1v) is 7.24. The number of nitrogens with zero attached hydrogens (tertiary/aromatic N) is 1. The molecule has 0 radical (unpaired) electrons. The van der Waals surface area contributed by atoms with Gasteiger partial charge in [0.25, 0.3) is 0 Å². The summed E-state index contributed by atoms with van der Waals surface area (Å²) in [7, 11) is 0. The standard InChI is InChI=1S/C18H21NO2/c1-3-11-21-17-10-9-16(18(20)12-17)13-19-14(2)15-7-5-4-6-8-15/h4-10,12-14,20H,3,11H2,1-2H3. The van der Waals surface area contributed by atoms with E-state index in [1.54, 1.807) is 12.3 Å². The first-order chi connectivity index (χ1) is 10.2. The number of hydrogen-bond donors (Lipinski definition) is 1. The summed E-state index contributed by atoms with van der Waals surface area (Å²) in [5.74, 6) is 0.871. The van der Waals surface area contributed by atoms with Crippen LogP contribution in [0, 0.1) is 0 Å². The summed E-state index contributed by atoms with van der Waals surface area (Å²) in [6, 6.07) is 15.4. The van der Waals surface area contributed by atoms with Gasteiger partial charge in [-0.25, -0.2) is 0 Å². The van der Waals surface area contributed by atoms with Crippen LogP contribution in [0.4, 0.5) is 0 Å². The molecule has 0 spiro atoms. The van der Waals surface area contributed by atoms with Crippen molar-refractivity contribution >= 4 is 6.21 Å². The number of phenolic OH excluding ortho intramolecular Hbond substituents is 1. The van der Waals surface area contributed by atoms with Gasteiger partial charge < -0.3 is 9.84 Å². The van der Waals surface area contributed by atoms with E-state index < -0.39 is 0 Å². The third-order valence-corrected chi connectivity index (χ3v) is 3.19. The van der Waals surface area contributed by atoms with Crippen LogP contribution >= 0.6 is 0 Å². The molecule has 1 N–H and O–H groups in total. The second-order valence-electron chi connectivity index (χ2n) is 4.93. The van der Waals surface area contributed by atoms with E-state index in [0.717, 1.165) is 12.0 Å². The monoisotopic (exact) mass is 283 g/mol. The van der Waals surface area contributed by atoms with Crippen LogP contribution in [0.1, 0.15) is 37.4 Å². The molecular formula is C18H21NO2. The average Bonchev–Trinajstić information content (AvgIpc) is 2.52. The number of phenols is 1. The predicted octanol–water partition coefficient (Wildman–Crippen LogP) is 4.36. The van der Waals surface area contributed by atoms with Crippen molar-refractivity contribution in [2.75, 3.05) is 6.61 Å². The lowest BCUT2D eigenvalue weighted by Crippen LogP contribution is -1.95. The van der Waals surface area contributed by atoms with Crippen LogP contribution in [0.3, 0.4) is 0 Å². The zero-order chi connectivity index (χ0) is 15.1. The Labute approximate surface area is 125 Å². The SMILES string of the molecule is CCCOc1ccc(C=NC(C)c2ccccc2)c(O)c1. The van der Waals surface area contributed by atoms with Gasteiger partial charge in [-0.2, -0.15) is 0 Å². The molecular weight excluding hydrogens is 262 g/mol. The fourth-order valence-electron chi connectivity index (χ4n) is 1.95. The molecule has 0 aliphatic carbocycles. The van der Waals surface area contributed by atoms with Crippen molar-refractivity contribution in [2.45, 2.75) is 26.3 Å². The Morgan fingerprint density at radius 2 is 1.95 bits per heavy atom. The Morgan fingerprint density at radius 1 is 1.19 bits per heavy atom. The van der Waals surface area contributed by atoms with Gasteiger partial charge in [-0.1, -0.05) is 37.3 Å². The summed E-state index contributed by atoms with van der Waals surface area (Å²) < 4.78 is 5.48. The molecule has 0 saturated carbocycles. The summed E-state index contributed by atoms with van der Waals surface area (Å²) in [6.45, 7) is 4.73. The van der Waals surface area contributed by atoms with Gasteiger partial charge >= 0.3 is 0 Å². The van der Waals surface area contributed by atoms with E-state index in [4.69, 9.17) is 4.74 Å². The summed E-state index contributed by atoms with van der Waals surface area (Å²) in [6.07, 6.45) is 2.65. The topological polar surface area (TPSA) is 41.8 Å². The molecule has 0 aliphatic rings. The van der Waals surface area contributed by atoms with Crippen LogP contribution in [0.2, 0.25) is 0 Å². The molecule has 2 rings (SSSR count). The van der Waals surface area contributed by atoms with E-state index in [2.05, 4.69) is 4.99 Å². The Balaban J connectivity index is 2.07. The molecule has 0 bridgehead atoms. The quantitative estimate of drug-likeness (QED) is 0.800. The minimum Gasteiger partial charge on any atom is -0.507 e. The molecule has 0 amide bonds. The number of aromatic hydroxyl groups is 1. The van der Waals surface area contributed by atoms with Crippen molar-refractivity contribution in [3.8, 4) is 11.5 Å². The molecule has 0 saturated heterocycles. The van der Waals surface area contributed by atoms with E-state index in [0.29, 0.717) is 17.9 Å². The molecule has 0 fully saturated rings. The summed E-state index contributed by atoms with van der Waals surface area (Å²) in [5, 5.41) is 10.0. The van der Waals surface area contributed by atoms with Gasteiger partial charge in [0.05, 0.1) is 12.6 Å². The highest BCUT2D eigenvalue weighted by Crippen LogP contribution is 2.23. The largest absolute Gasteiger partial charge is 0.507 e. The maximum absolute atomic E-state index is 10.0. The van der Waals surface area contributed by atoms with Crippen LogP contribution in [0.5, 0.6) is 11.5 Å². The lowest BCUT2D eigenvalue weighted by atomic mass is 10.1. The molecule has 0 aromatic heterocycles. The van der Waals surface area contributed by atoms with Gasteiger partial charge in [0, 0.05) is 17.8 Å². The highest BCUT2D eigenvalue weighted by Gasteiger charge is 2.04. The molecule has 2 aromatic carbocycles. The molecule has 3 heteroatoms. The molecule has 0 aliphatic heterocycles. The Kier molecular flexibility index (Phi) is 5.38. The van der Waals surface area contributed by atoms with Crippen molar-refractivity contribution in [3.05, 3.63) is 59.7 Å². The molecule has 21 heavy (non-hydrogen) atoms. The molecule has 3 nitrogen and oxygen atoms in total. The zero-order valence-corrected chi connectivity index (χ0v) is 12.5. The predicted molar refractivity (Wildman–Crippen MR) is 86.3 cm³/mol. The van der Waals surface area contributed by atoms with E-state index in [9.17, 15) is 5.11 Å². The van der Waals surface area contributed by atoms with Crippen molar-refractivity contribution in [1.29, 1.82) is 0 Å². The highest BCUT2D eigenvalue weighted by atomic mass is 16.5. The van der Waals surface area contributed by atoms with Crippen LogP contribution in [-0.2, 0) is 0 Å². The van der Waals surface area contributed by atoms with Crippen molar-refractivity contribution in [2.24, 2.45) is 4.99 Å². The fourth-order valence-corrected chi connectivity index (χ4v) is 1.95. The Hall–Kier alpha value is -2.29. The Bertz CT molecular complexity index is 593. The zero-order valence-electron chi connectivity index (χ0n) is 12.5. The molecule has 2 aromatic rings. The lowest BCUT2D eigenvalue weighted by Gasteiger charge is -2.08. The minimum atomic E-state index is 0.0571. The van der Waals surface area contributed by atoms with Gasteiger partial charge in [0.1, 0.15) is 11.5 Å². The Morgan fingerprint density at radius 3 is 2.62 bits per heavy atom. The molecule has 0 heterocycles. The van der Waals surface area contributed by atoms with Crippen LogP contribution in [0.15, 0.2) is 53.5 Å². The average molecular weight is 283 g/mol. The first kappa shape index (κ1) is 15.1. The number of rotatable bonds is 6. The second kappa shape index (κ2) is 7.48. The summed E-state index contributed by atoms with van der Waals surface area (Å²) >= 11 is 0. The van der Waals surface area contributed by atoms with Gasteiger partial charge in [0.2, 0.25) is 0 Å². The number of aliphatic imine (C=N–C) groups is 1. The van der Waals surface area contributed by atoms with Gasteiger partial charge in [-0.15, -0.1) is 0 Å². The number of ether oxygens (including phenoxy) is 1. The normalized spacial score (nSPS) is 12.5. The van der Waals surface area contributed by atoms with E-state index in [1.807, 2.05) is 56.3 Å². The fraction of sp³-hybridized carbons (Fsp3) is 0.278. The first-order valence-electron chi connectivity index (χ1n) is 7.24. The van der Waals surface area contributed by atoms with Crippen LogP contribution in [0.25, 0.3) is 0 Å². The molecule has 1 unspecified atom stereocenters. The molecule has 110 valence electrons. The number of benzene rings is 2. The smallest absolute Gasteiger partial charge is 0.128 e. The maximum Gasteiger partial charge on any atom is 0.128 e. The van der Waals surface area contributed by atoms with Crippen molar-refractivity contribution < 1.29 is 9.84 Å². The van der Waals surface area contributed by atoms with E-state index >= 15 is 0 Å². The maximum atomic E-state index is 10.0. The van der Waals surface area contributed by atoms with Crippen molar-refractivity contribution in [3.63, 3.8) is 0 Å². The van der Waals surface area contributed by atoms with Gasteiger partial charge in [0.15, 0.2) is 0 Å². The second-order valence-corrected chi connectivity index (χ2v) is 4.93. The third-order valence-electron chi connectivity index (χ3n) is 3.19. The van der Waals surface area contributed by atoms with Crippen LogP contribution in [-0.4, -0.2) is 17.9 Å². The summed E-state index contributed by atoms with van der Waals surface area (Å²) in [5.41, 5.74) is 1.85. The van der Waals surface area contributed by atoms with Crippen molar-refractivity contribution in [1.82, 2.24) is 0 Å². The highest BCUT2D eigenvalue weighted by molar-refractivity contribution is 5.83. The van der Waals surface area contributed by atoms with E-state index in [1.165, 1.54) is 0 Å². The van der Waals surface area contributed by atoms with Crippen LogP contribution < -0.4 is 4.74 Å². The lowest BCUT2D eigenvalue weighted by molar-refractivity contribution is 0.315. The minimum absolute atomic E-state index is 0.0571.